The summed E-state index contributed by atoms with van der Waals surface area (Å²) in [4.78, 5) is 11.9. The Kier molecular flexibility index (Phi) is 2.48. The average molecular weight is 284 g/mol. The summed E-state index contributed by atoms with van der Waals surface area (Å²) in [6.07, 6.45) is 12.3. The first-order chi connectivity index (χ1) is 10.1. The van der Waals surface area contributed by atoms with Gasteiger partial charge in [-0.3, -0.25) is 4.79 Å². The Balaban J connectivity index is 1.48. The van der Waals surface area contributed by atoms with Gasteiger partial charge in [-0.2, -0.15) is 0 Å². The summed E-state index contributed by atoms with van der Waals surface area (Å²) in [6, 6.07) is 0. The molecule has 0 heterocycles. The summed E-state index contributed by atoms with van der Waals surface area (Å²) in [6.45, 7) is 4.30. The molecule has 0 amide bonds. The van der Waals surface area contributed by atoms with Crippen molar-refractivity contribution < 1.29 is 4.79 Å². The maximum Gasteiger partial charge on any atom is 0.133 e. The molecule has 5 aliphatic carbocycles. The fourth-order valence-corrected chi connectivity index (χ4v) is 7.58. The number of Topliss-reactive ketones (excluding diaryl/α,β-unsaturated/α-hetero) is 1. The number of carbonyl (C=O) groups is 1. The van der Waals surface area contributed by atoms with Crippen LogP contribution in [0.4, 0.5) is 0 Å². The van der Waals surface area contributed by atoms with Gasteiger partial charge >= 0.3 is 0 Å². The molecule has 0 aromatic rings. The Morgan fingerprint density at radius 1 is 1.14 bits per heavy atom. The van der Waals surface area contributed by atoms with Crippen LogP contribution in [0.15, 0.2) is 11.6 Å². The zero-order chi connectivity index (χ0) is 14.4. The van der Waals surface area contributed by atoms with Crippen molar-refractivity contribution in [1.82, 2.24) is 0 Å². The van der Waals surface area contributed by atoms with Crippen molar-refractivity contribution in [2.75, 3.05) is 0 Å². The number of hydrogen-bond acceptors (Lipinski definition) is 1. The van der Waals surface area contributed by atoms with E-state index in [1.165, 1.54) is 38.5 Å². The Hall–Kier alpha value is -0.590. The summed E-state index contributed by atoms with van der Waals surface area (Å²) in [5.41, 5.74) is 2.52. The van der Waals surface area contributed by atoms with Gasteiger partial charge in [0, 0.05) is 5.92 Å². The Morgan fingerprint density at radius 2 is 2.00 bits per heavy atom. The van der Waals surface area contributed by atoms with Crippen LogP contribution in [0, 0.1) is 46.8 Å². The molecule has 0 saturated heterocycles. The normalized spacial score (nSPS) is 56.9. The highest BCUT2D eigenvalue weighted by Crippen LogP contribution is 2.79. The first-order valence-electron chi connectivity index (χ1n) is 9.32. The molecule has 1 spiro atoms. The third-order valence-electron chi connectivity index (χ3n) is 8.27. The van der Waals surface area contributed by atoms with Gasteiger partial charge in [0.05, 0.1) is 0 Å². The van der Waals surface area contributed by atoms with Crippen molar-refractivity contribution in [2.24, 2.45) is 46.8 Å². The molecule has 4 fully saturated rings. The van der Waals surface area contributed by atoms with Gasteiger partial charge < -0.3 is 0 Å². The van der Waals surface area contributed by atoms with Crippen LogP contribution in [0.2, 0.25) is 0 Å². The molecule has 1 heteroatoms. The molecule has 0 N–H and O–H groups in total. The molecular weight excluding hydrogens is 256 g/mol. The van der Waals surface area contributed by atoms with Gasteiger partial charge in [-0.15, -0.1) is 0 Å². The second-order valence-electron chi connectivity index (χ2n) is 9.07. The molecule has 8 atom stereocenters. The third kappa shape index (κ3) is 1.51. The molecule has 3 unspecified atom stereocenters. The molecule has 1 nitrogen and oxygen atoms in total. The van der Waals surface area contributed by atoms with Crippen LogP contribution in [0.5, 0.6) is 0 Å². The lowest BCUT2D eigenvalue weighted by atomic mass is 9.63. The van der Waals surface area contributed by atoms with Gasteiger partial charge in [0.25, 0.3) is 0 Å². The molecule has 21 heavy (non-hydrogen) atoms. The Bertz CT molecular complexity index is 532. The fraction of sp³-hybridized carbons (Fsp3) is 0.850. The monoisotopic (exact) mass is 284 g/mol. The molecule has 0 radical (unpaired) electrons. The molecule has 0 aromatic carbocycles. The van der Waals surface area contributed by atoms with E-state index in [4.69, 9.17) is 0 Å². The minimum atomic E-state index is 0.345. The van der Waals surface area contributed by atoms with E-state index in [1.54, 1.807) is 5.57 Å². The standard InChI is InChI=1S/C20H28O/c1-11-3-8-17-16-7-5-14-13(12(2)21)4-6-15(14)19(16)18-10-20(17,18)9-11/h6,11,13-14,16-19H,3-5,7-10H2,1-2H3/t11-,13+,14+,16?,17+,18?,19-,20?/m0/s1. The molecule has 0 aromatic heterocycles. The fourth-order valence-electron chi connectivity index (χ4n) is 7.58. The van der Waals surface area contributed by atoms with E-state index in [1.807, 2.05) is 6.92 Å². The largest absolute Gasteiger partial charge is 0.300 e. The molecular formula is C20H28O. The number of carbonyl (C=O) groups excluding carboxylic acids is 1. The topological polar surface area (TPSA) is 17.1 Å². The first kappa shape index (κ1) is 12.9. The summed E-state index contributed by atoms with van der Waals surface area (Å²) < 4.78 is 0. The molecule has 5 aliphatic rings. The van der Waals surface area contributed by atoms with Crippen LogP contribution in [0.1, 0.15) is 58.8 Å². The predicted molar refractivity (Wildman–Crippen MR) is 83.6 cm³/mol. The summed E-state index contributed by atoms with van der Waals surface area (Å²) >= 11 is 0. The van der Waals surface area contributed by atoms with Crippen LogP contribution < -0.4 is 0 Å². The second kappa shape index (κ2) is 4.03. The highest BCUT2D eigenvalue weighted by Gasteiger charge is 2.72. The summed E-state index contributed by atoms with van der Waals surface area (Å²) in [5.74, 6) is 6.32. The second-order valence-corrected chi connectivity index (χ2v) is 9.07. The van der Waals surface area contributed by atoms with Crippen molar-refractivity contribution >= 4 is 5.78 Å². The van der Waals surface area contributed by atoms with Gasteiger partial charge in [0.2, 0.25) is 0 Å². The highest BCUT2D eigenvalue weighted by atomic mass is 16.1. The van der Waals surface area contributed by atoms with E-state index in [2.05, 4.69) is 13.0 Å². The highest BCUT2D eigenvalue weighted by molar-refractivity contribution is 5.80. The zero-order valence-corrected chi connectivity index (χ0v) is 13.5. The van der Waals surface area contributed by atoms with Crippen molar-refractivity contribution in [2.45, 2.75) is 58.8 Å². The molecule has 0 aliphatic heterocycles. The van der Waals surface area contributed by atoms with E-state index in [0.717, 1.165) is 41.4 Å². The Morgan fingerprint density at radius 3 is 2.81 bits per heavy atom. The van der Waals surface area contributed by atoms with Crippen LogP contribution in [0.25, 0.3) is 0 Å². The smallest absolute Gasteiger partial charge is 0.133 e. The predicted octanol–water partition coefficient (Wildman–Crippen LogP) is 4.62. The van der Waals surface area contributed by atoms with Crippen LogP contribution >= 0.6 is 0 Å². The van der Waals surface area contributed by atoms with Crippen LogP contribution in [0.3, 0.4) is 0 Å². The van der Waals surface area contributed by atoms with Crippen molar-refractivity contribution in [3.63, 3.8) is 0 Å². The van der Waals surface area contributed by atoms with Gasteiger partial charge in [-0.05, 0) is 86.4 Å². The maximum atomic E-state index is 11.9. The molecule has 4 saturated carbocycles. The van der Waals surface area contributed by atoms with E-state index in [-0.39, 0.29) is 0 Å². The van der Waals surface area contributed by atoms with Crippen molar-refractivity contribution in [3.8, 4) is 0 Å². The number of rotatable bonds is 1. The van der Waals surface area contributed by atoms with Crippen LogP contribution in [-0.2, 0) is 4.79 Å². The summed E-state index contributed by atoms with van der Waals surface area (Å²) in [7, 11) is 0. The number of allylic oxidation sites excluding steroid dienone is 2. The zero-order valence-electron chi connectivity index (χ0n) is 13.5. The SMILES string of the molecule is CC(=O)[C@H]1CC=C2[C@H]3C(CC[C@@H]21)[C@H]1CC[C@H](C)CC12CC32. The van der Waals surface area contributed by atoms with E-state index < -0.39 is 0 Å². The van der Waals surface area contributed by atoms with Crippen LogP contribution in [-0.4, -0.2) is 5.78 Å². The van der Waals surface area contributed by atoms with Gasteiger partial charge in [0.1, 0.15) is 5.78 Å². The van der Waals surface area contributed by atoms with E-state index >= 15 is 0 Å². The number of fused-ring (bicyclic) bond motifs is 5. The average Bonchev–Trinajstić information content (AvgIpc) is 2.87. The maximum absolute atomic E-state index is 11.9. The van der Waals surface area contributed by atoms with Gasteiger partial charge in [-0.1, -0.05) is 25.0 Å². The molecule has 0 bridgehead atoms. The lowest BCUT2D eigenvalue weighted by Crippen LogP contribution is -2.34. The number of hydrogen-bond donors (Lipinski definition) is 0. The first-order valence-corrected chi connectivity index (χ1v) is 9.32. The molecule has 5 rings (SSSR count). The quantitative estimate of drug-likeness (QED) is 0.642. The minimum Gasteiger partial charge on any atom is -0.300 e. The Labute approximate surface area is 128 Å². The third-order valence-corrected chi connectivity index (χ3v) is 8.27. The van der Waals surface area contributed by atoms with Gasteiger partial charge in [-0.25, -0.2) is 0 Å². The van der Waals surface area contributed by atoms with Crippen molar-refractivity contribution in [1.29, 1.82) is 0 Å². The lowest BCUT2D eigenvalue weighted by molar-refractivity contribution is -0.121. The summed E-state index contributed by atoms with van der Waals surface area (Å²) in [5, 5.41) is 0. The minimum absolute atomic E-state index is 0.345. The number of ketones is 1. The van der Waals surface area contributed by atoms with Gasteiger partial charge in [0.15, 0.2) is 0 Å². The molecule has 114 valence electrons. The lowest BCUT2D eigenvalue weighted by Gasteiger charge is -2.42. The van der Waals surface area contributed by atoms with E-state index in [0.29, 0.717) is 17.6 Å². The van der Waals surface area contributed by atoms with E-state index in [9.17, 15) is 4.79 Å². The van der Waals surface area contributed by atoms with Crippen molar-refractivity contribution in [3.05, 3.63) is 11.6 Å².